The van der Waals surface area contributed by atoms with Crippen LogP contribution in [0, 0.1) is 11.3 Å². The lowest BCUT2D eigenvalue weighted by Crippen LogP contribution is -2.38. The number of aromatic nitrogens is 3. The fraction of sp³-hybridized carbons (Fsp3) is 0.360. The minimum Gasteiger partial charge on any atom is -0.368 e. The molecule has 3 N–H and O–H groups in total. The SMILES string of the molecule is N#Cc1cc2c(Cl)c(CN3CCC(Nc4ncnc5sc(CC(F)(F)F)cc45)CC3)ccc2n1CC(N)=O. The van der Waals surface area contributed by atoms with Crippen LogP contribution >= 0.6 is 22.9 Å². The molecule has 0 atom stereocenters. The van der Waals surface area contributed by atoms with E-state index in [1.807, 2.05) is 12.1 Å². The van der Waals surface area contributed by atoms with Crippen LogP contribution in [-0.4, -0.2) is 50.6 Å². The topological polar surface area (TPSA) is 113 Å². The fourth-order valence-corrected chi connectivity index (χ4v) is 6.16. The molecule has 1 amide bonds. The number of nitriles is 1. The van der Waals surface area contributed by atoms with Crippen molar-refractivity contribution in [1.82, 2.24) is 19.4 Å². The fourth-order valence-electron chi connectivity index (χ4n) is 4.86. The zero-order chi connectivity index (χ0) is 27.0. The number of hydrogen-bond donors (Lipinski definition) is 2. The molecule has 5 rings (SSSR count). The van der Waals surface area contributed by atoms with Crippen LogP contribution < -0.4 is 11.1 Å². The third-order valence-electron chi connectivity index (χ3n) is 6.61. The second-order valence-corrected chi connectivity index (χ2v) is 10.8. The number of anilines is 1. The number of amides is 1. The first-order valence-electron chi connectivity index (χ1n) is 11.9. The standard InChI is InChI=1S/C25H23ClF3N7OS/c26-22-14(1-2-20-18(22)7-16(10-30)36(20)12-21(31)37)11-35-5-3-15(4-6-35)34-23-19-8-17(9-25(27,28)29)38-24(19)33-13-32-23/h1-2,7-8,13,15H,3-6,9,11-12H2,(H2,31,37)(H,32,33,34). The van der Waals surface area contributed by atoms with Crippen molar-refractivity contribution in [2.45, 2.75) is 44.6 Å². The van der Waals surface area contributed by atoms with Gasteiger partial charge >= 0.3 is 6.18 Å². The van der Waals surface area contributed by atoms with E-state index in [9.17, 15) is 23.2 Å². The molecule has 0 radical (unpaired) electrons. The molecule has 0 aliphatic carbocycles. The summed E-state index contributed by atoms with van der Waals surface area (Å²) >= 11 is 7.75. The smallest absolute Gasteiger partial charge is 0.368 e. The van der Waals surface area contributed by atoms with Crippen molar-refractivity contribution in [3.05, 3.63) is 51.7 Å². The molecule has 3 aromatic heterocycles. The van der Waals surface area contributed by atoms with Crippen LogP contribution in [0.1, 0.15) is 29.0 Å². The molecule has 1 saturated heterocycles. The number of thiophene rings is 1. The summed E-state index contributed by atoms with van der Waals surface area (Å²) in [5.74, 6) is 0.0134. The van der Waals surface area contributed by atoms with E-state index in [1.165, 1.54) is 12.4 Å². The molecule has 0 saturated carbocycles. The first kappa shape index (κ1) is 26.2. The summed E-state index contributed by atoms with van der Waals surface area (Å²) in [7, 11) is 0. The summed E-state index contributed by atoms with van der Waals surface area (Å²) in [4.78, 5) is 22.9. The van der Waals surface area contributed by atoms with Gasteiger partial charge in [-0.1, -0.05) is 17.7 Å². The number of benzene rings is 1. The summed E-state index contributed by atoms with van der Waals surface area (Å²) in [5.41, 5.74) is 7.25. The van der Waals surface area contributed by atoms with Crippen molar-refractivity contribution in [3.8, 4) is 6.07 Å². The Morgan fingerprint density at radius 2 is 2.00 bits per heavy atom. The van der Waals surface area contributed by atoms with E-state index in [1.54, 1.807) is 10.6 Å². The number of alkyl halides is 3. The molecule has 0 spiro atoms. The minimum atomic E-state index is -4.27. The van der Waals surface area contributed by atoms with Gasteiger partial charge in [0.1, 0.15) is 35.3 Å². The predicted molar refractivity (Wildman–Crippen MR) is 140 cm³/mol. The van der Waals surface area contributed by atoms with Gasteiger partial charge in [-0.25, -0.2) is 9.97 Å². The number of likely N-dealkylation sites (tertiary alicyclic amines) is 1. The number of halogens is 4. The summed E-state index contributed by atoms with van der Waals surface area (Å²) in [6, 6.07) is 9.16. The molecule has 38 heavy (non-hydrogen) atoms. The monoisotopic (exact) mass is 561 g/mol. The quantitative estimate of drug-likeness (QED) is 0.334. The number of carbonyl (C=O) groups excluding carboxylic acids is 1. The van der Waals surface area contributed by atoms with E-state index >= 15 is 0 Å². The number of carbonyl (C=O) groups is 1. The Morgan fingerprint density at radius 3 is 2.68 bits per heavy atom. The van der Waals surface area contributed by atoms with Crippen molar-refractivity contribution in [3.63, 3.8) is 0 Å². The highest BCUT2D eigenvalue weighted by molar-refractivity contribution is 7.18. The van der Waals surface area contributed by atoms with Crippen LogP contribution in [0.5, 0.6) is 0 Å². The van der Waals surface area contributed by atoms with Crippen LogP contribution in [0.15, 0.2) is 30.6 Å². The molecule has 198 valence electrons. The summed E-state index contributed by atoms with van der Waals surface area (Å²) in [5, 5.41) is 14.7. The van der Waals surface area contributed by atoms with Crippen LogP contribution in [0.3, 0.4) is 0 Å². The van der Waals surface area contributed by atoms with E-state index in [-0.39, 0.29) is 17.5 Å². The maximum atomic E-state index is 12.8. The normalized spacial score (nSPS) is 15.2. The van der Waals surface area contributed by atoms with Gasteiger partial charge in [0.25, 0.3) is 0 Å². The molecule has 4 heterocycles. The Morgan fingerprint density at radius 1 is 1.24 bits per heavy atom. The van der Waals surface area contributed by atoms with E-state index in [0.29, 0.717) is 44.2 Å². The third kappa shape index (κ3) is 5.55. The van der Waals surface area contributed by atoms with Crippen molar-refractivity contribution in [2.24, 2.45) is 5.73 Å². The lowest BCUT2D eigenvalue weighted by molar-refractivity contribution is -0.126. The lowest BCUT2D eigenvalue weighted by Gasteiger charge is -2.33. The van der Waals surface area contributed by atoms with E-state index < -0.39 is 18.5 Å². The van der Waals surface area contributed by atoms with Gasteiger partial charge in [0.15, 0.2) is 0 Å². The number of nitrogens with one attached hydrogen (secondary N) is 1. The molecule has 1 fully saturated rings. The average Bonchev–Trinajstić information content (AvgIpc) is 3.42. The van der Waals surface area contributed by atoms with Crippen LogP contribution in [0.4, 0.5) is 19.0 Å². The Labute approximate surface area is 224 Å². The van der Waals surface area contributed by atoms with Crippen molar-refractivity contribution in [1.29, 1.82) is 5.26 Å². The maximum Gasteiger partial charge on any atom is 0.393 e. The molecule has 0 bridgehead atoms. The van der Waals surface area contributed by atoms with Crippen LogP contribution in [-0.2, 0) is 24.3 Å². The number of rotatable bonds is 7. The Balaban J connectivity index is 1.25. The van der Waals surface area contributed by atoms with Gasteiger partial charge in [-0.05, 0) is 36.6 Å². The summed E-state index contributed by atoms with van der Waals surface area (Å²) in [6.45, 7) is 2.09. The van der Waals surface area contributed by atoms with Gasteiger partial charge in [0.05, 0.1) is 22.3 Å². The molecule has 4 aromatic rings. The second kappa shape index (κ2) is 10.4. The average molecular weight is 562 g/mol. The van der Waals surface area contributed by atoms with Crippen molar-refractivity contribution in [2.75, 3.05) is 18.4 Å². The number of nitrogens with two attached hydrogens (primary N) is 1. The van der Waals surface area contributed by atoms with Gasteiger partial charge in [0.2, 0.25) is 5.91 Å². The highest BCUT2D eigenvalue weighted by Gasteiger charge is 2.29. The number of primary amides is 1. The predicted octanol–water partition coefficient (Wildman–Crippen LogP) is 4.84. The van der Waals surface area contributed by atoms with Gasteiger partial charge in [0, 0.05) is 35.9 Å². The zero-order valence-electron chi connectivity index (χ0n) is 20.1. The zero-order valence-corrected chi connectivity index (χ0v) is 21.6. The third-order valence-corrected chi connectivity index (χ3v) is 8.09. The number of piperidine rings is 1. The van der Waals surface area contributed by atoms with E-state index in [4.69, 9.17) is 17.3 Å². The van der Waals surface area contributed by atoms with Gasteiger partial charge in [-0.2, -0.15) is 18.4 Å². The lowest BCUT2D eigenvalue weighted by atomic mass is 10.0. The highest BCUT2D eigenvalue weighted by Crippen LogP contribution is 2.34. The van der Waals surface area contributed by atoms with Crippen LogP contribution in [0.2, 0.25) is 5.02 Å². The highest BCUT2D eigenvalue weighted by atomic mass is 35.5. The number of nitrogens with zero attached hydrogens (tertiary/aromatic N) is 5. The van der Waals surface area contributed by atoms with Gasteiger partial charge < -0.3 is 15.6 Å². The van der Waals surface area contributed by atoms with Crippen LogP contribution in [0.25, 0.3) is 21.1 Å². The van der Waals surface area contributed by atoms with Gasteiger partial charge in [-0.3, -0.25) is 9.69 Å². The largest absolute Gasteiger partial charge is 0.393 e. The molecule has 0 unspecified atom stereocenters. The van der Waals surface area contributed by atoms with E-state index in [2.05, 4.69) is 26.3 Å². The molecular formula is C25H23ClF3N7OS. The summed E-state index contributed by atoms with van der Waals surface area (Å²) in [6.07, 6.45) is -2.24. The molecule has 8 nitrogen and oxygen atoms in total. The number of hydrogen-bond acceptors (Lipinski definition) is 7. The maximum absolute atomic E-state index is 12.8. The second-order valence-electron chi connectivity index (χ2n) is 9.31. The molecule has 13 heteroatoms. The summed E-state index contributed by atoms with van der Waals surface area (Å²) < 4.78 is 40.1. The molecule has 1 aliphatic heterocycles. The molecule has 1 aliphatic rings. The molecular weight excluding hydrogens is 539 g/mol. The molecule has 1 aromatic carbocycles. The van der Waals surface area contributed by atoms with Crippen molar-refractivity contribution < 1.29 is 18.0 Å². The Kier molecular flexibility index (Phi) is 7.17. The van der Waals surface area contributed by atoms with Crippen molar-refractivity contribution >= 4 is 55.8 Å². The Bertz CT molecular complexity index is 1550. The Hall–Kier alpha value is -3.40. The van der Waals surface area contributed by atoms with Gasteiger partial charge in [-0.15, -0.1) is 11.3 Å². The first-order valence-corrected chi connectivity index (χ1v) is 13.1. The van der Waals surface area contributed by atoms with E-state index in [0.717, 1.165) is 42.8 Å². The number of fused-ring (bicyclic) bond motifs is 2. The minimum absolute atomic E-state index is 0.101. The first-order chi connectivity index (χ1) is 18.1.